The Bertz CT molecular complexity index is 152. The number of rotatable bonds is 1. The Labute approximate surface area is 73.3 Å². The molecule has 0 aliphatic carbocycles. The lowest BCUT2D eigenvalue weighted by molar-refractivity contribution is 0.210. The molecule has 0 bridgehead atoms. The van der Waals surface area contributed by atoms with Gasteiger partial charge in [0.15, 0.2) is 0 Å². The highest BCUT2D eigenvalue weighted by Crippen LogP contribution is 2.01. The van der Waals surface area contributed by atoms with E-state index in [4.69, 9.17) is 0 Å². The molecule has 1 aliphatic rings. The third kappa shape index (κ3) is 2.70. The summed E-state index contributed by atoms with van der Waals surface area (Å²) < 4.78 is 0. The van der Waals surface area contributed by atoms with Gasteiger partial charge in [0, 0.05) is 20.1 Å². The highest BCUT2D eigenvalue weighted by Gasteiger charge is 2.15. The summed E-state index contributed by atoms with van der Waals surface area (Å²) in [5.41, 5.74) is 0. The number of nitrogens with one attached hydrogen (secondary N) is 2. The molecule has 70 valence electrons. The quantitative estimate of drug-likeness (QED) is 0.583. The Morgan fingerprint density at radius 3 is 2.50 bits per heavy atom. The molecule has 0 saturated carbocycles. The maximum atomic E-state index is 11.2. The van der Waals surface area contributed by atoms with Crippen LogP contribution in [0.5, 0.6) is 0 Å². The van der Waals surface area contributed by atoms with Crippen LogP contribution < -0.4 is 10.6 Å². The zero-order valence-corrected chi connectivity index (χ0v) is 7.76. The summed E-state index contributed by atoms with van der Waals surface area (Å²) in [5, 5.41) is 6.22. The van der Waals surface area contributed by atoms with Crippen LogP contribution in [0.2, 0.25) is 0 Å². The van der Waals surface area contributed by atoms with E-state index < -0.39 is 0 Å². The average Bonchev–Trinajstić information content (AvgIpc) is 2.06. The van der Waals surface area contributed by atoms with Crippen LogP contribution in [0.15, 0.2) is 0 Å². The predicted molar refractivity (Wildman–Crippen MR) is 48.1 cm³/mol. The number of carbonyl (C=O) groups is 1. The summed E-state index contributed by atoms with van der Waals surface area (Å²) in [6.07, 6.45) is 2.08. The molecule has 2 amide bonds. The van der Waals surface area contributed by atoms with E-state index in [2.05, 4.69) is 10.6 Å². The topological polar surface area (TPSA) is 44.4 Å². The number of amides is 2. The van der Waals surface area contributed by atoms with E-state index in [1.54, 1.807) is 19.0 Å². The minimum atomic E-state index is 0.0156. The Morgan fingerprint density at radius 1 is 1.42 bits per heavy atom. The second-order valence-electron chi connectivity index (χ2n) is 3.37. The molecule has 4 heteroatoms. The molecule has 4 nitrogen and oxygen atoms in total. The van der Waals surface area contributed by atoms with Gasteiger partial charge in [0.1, 0.15) is 0 Å². The molecule has 0 atom stereocenters. The molecule has 0 aromatic rings. The highest BCUT2D eigenvalue weighted by molar-refractivity contribution is 5.73. The van der Waals surface area contributed by atoms with Crippen LogP contribution in [-0.4, -0.2) is 44.2 Å². The van der Waals surface area contributed by atoms with Gasteiger partial charge in [-0.3, -0.25) is 0 Å². The van der Waals surface area contributed by atoms with E-state index in [1.807, 2.05) is 0 Å². The lowest BCUT2D eigenvalue weighted by Gasteiger charge is -2.25. The fourth-order valence-corrected chi connectivity index (χ4v) is 1.27. The summed E-state index contributed by atoms with van der Waals surface area (Å²) >= 11 is 0. The summed E-state index contributed by atoms with van der Waals surface area (Å²) in [6, 6.07) is 0.378. The van der Waals surface area contributed by atoms with Gasteiger partial charge < -0.3 is 15.5 Å². The molecule has 0 spiro atoms. The average molecular weight is 171 g/mol. The van der Waals surface area contributed by atoms with Crippen molar-refractivity contribution in [3.63, 3.8) is 0 Å². The standard InChI is InChI=1S/C8H17N3O/c1-11(2)8(12)10-7-3-5-9-6-4-7/h7,9H,3-6H2,1-2H3,(H,10,12). The molecule has 1 rings (SSSR count). The van der Waals surface area contributed by atoms with Crippen molar-refractivity contribution in [3.8, 4) is 0 Å². The second-order valence-corrected chi connectivity index (χ2v) is 3.37. The molecule has 0 aromatic heterocycles. The fourth-order valence-electron chi connectivity index (χ4n) is 1.27. The third-order valence-corrected chi connectivity index (χ3v) is 2.07. The number of piperidine rings is 1. The predicted octanol–water partition coefficient (Wildman–Crippen LogP) is 0.00960. The summed E-state index contributed by atoms with van der Waals surface area (Å²) in [6.45, 7) is 2.02. The molecule has 0 unspecified atom stereocenters. The van der Waals surface area contributed by atoms with Gasteiger partial charge in [0.05, 0.1) is 0 Å². The van der Waals surface area contributed by atoms with Gasteiger partial charge in [-0.25, -0.2) is 4.79 Å². The van der Waals surface area contributed by atoms with Crippen molar-refractivity contribution >= 4 is 6.03 Å². The van der Waals surface area contributed by atoms with Crippen LogP contribution in [0.25, 0.3) is 0 Å². The molecule has 1 saturated heterocycles. The molecule has 1 fully saturated rings. The number of carbonyl (C=O) groups excluding carboxylic acids is 1. The van der Waals surface area contributed by atoms with Crippen LogP contribution in [0.4, 0.5) is 4.79 Å². The highest BCUT2D eigenvalue weighted by atomic mass is 16.2. The summed E-state index contributed by atoms with van der Waals surface area (Å²) in [7, 11) is 3.52. The molecular weight excluding hydrogens is 154 g/mol. The SMILES string of the molecule is CN(C)C(=O)NC1CCNCC1. The van der Waals surface area contributed by atoms with E-state index in [1.165, 1.54) is 0 Å². The van der Waals surface area contributed by atoms with Gasteiger partial charge in [-0.1, -0.05) is 0 Å². The van der Waals surface area contributed by atoms with E-state index >= 15 is 0 Å². The largest absolute Gasteiger partial charge is 0.335 e. The third-order valence-electron chi connectivity index (χ3n) is 2.07. The van der Waals surface area contributed by atoms with Crippen LogP contribution >= 0.6 is 0 Å². The van der Waals surface area contributed by atoms with Gasteiger partial charge in [0.2, 0.25) is 0 Å². The second kappa shape index (κ2) is 4.30. The smallest absolute Gasteiger partial charge is 0.317 e. The van der Waals surface area contributed by atoms with Crippen LogP contribution in [0, 0.1) is 0 Å². The Balaban J connectivity index is 2.24. The van der Waals surface area contributed by atoms with Crippen molar-refractivity contribution in [2.45, 2.75) is 18.9 Å². The molecule has 2 N–H and O–H groups in total. The van der Waals surface area contributed by atoms with Crippen molar-refractivity contribution < 1.29 is 4.79 Å². The van der Waals surface area contributed by atoms with Crippen molar-refractivity contribution in [2.24, 2.45) is 0 Å². The van der Waals surface area contributed by atoms with Crippen LogP contribution in [0.3, 0.4) is 0 Å². The lowest BCUT2D eigenvalue weighted by Crippen LogP contribution is -2.46. The number of urea groups is 1. The maximum absolute atomic E-state index is 11.2. The number of hydrogen-bond donors (Lipinski definition) is 2. The van der Waals surface area contributed by atoms with E-state index in [9.17, 15) is 4.79 Å². The fraction of sp³-hybridized carbons (Fsp3) is 0.875. The molecule has 0 aromatic carbocycles. The van der Waals surface area contributed by atoms with Gasteiger partial charge in [0.25, 0.3) is 0 Å². The first-order valence-corrected chi connectivity index (χ1v) is 4.38. The van der Waals surface area contributed by atoms with E-state index in [0.29, 0.717) is 6.04 Å². The normalized spacial score (nSPS) is 18.8. The summed E-state index contributed by atoms with van der Waals surface area (Å²) in [4.78, 5) is 12.8. The number of nitrogens with zero attached hydrogens (tertiary/aromatic N) is 1. The molecule has 0 radical (unpaired) electrons. The van der Waals surface area contributed by atoms with Crippen molar-refractivity contribution in [2.75, 3.05) is 27.2 Å². The first kappa shape index (κ1) is 9.32. The number of hydrogen-bond acceptors (Lipinski definition) is 2. The van der Waals surface area contributed by atoms with E-state index in [-0.39, 0.29) is 6.03 Å². The summed E-state index contributed by atoms with van der Waals surface area (Å²) in [5.74, 6) is 0. The minimum Gasteiger partial charge on any atom is -0.335 e. The zero-order chi connectivity index (χ0) is 8.97. The Hall–Kier alpha value is -0.770. The molecule has 12 heavy (non-hydrogen) atoms. The Morgan fingerprint density at radius 2 is 2.00 bits per heavy atom. The maximum Gasteiger partial charge on any atom is 0.317 e. The first-order chi connectivity index (χ1) is 5.70. The van der Waals surface area contributed by atoms with Crippen molar-refractivity contribution in [1.29, 1.82) is 0 Å². The van der Waals surface area contributed by atoms with Gasteiger partial charge >= 0.3 is 6.03 Å². The van der Waals surface area contributed by atoms with Crippen LogP contribution in [0.1, 0.15) is 12.8 Å². The van der Waals surface area contributed by atoms with Gasteiger partial charge in [-0.15, -0.1) is 0 Å². The molecule has 1 aliphatic heterocycles. The van der Waals surface area contributed by atoms with Gasteiger partial charge in [-0.05, 0) is 25.9 Å². The molecular formula is C8H17N3O. The monoisotopic (exact) mass is 171 g/mol. The minimum absolute atomic E-state index is 0.0156. The van der Waals surface area contributed by atoms with Crippen molar-refractivity contribution in [1.82, 2.24) is 15.5 Å². The Kier molecular flexibility index (Phi) is 3.34. The van der Waals surface area contributed by atoms with Gasteiger partial charge in [-0.2, -0.15) is 0 Å². The first-order valence-electron chi connectivity index (χ1n) is 4.38. The van der Waals surface area contributed by atoms with Crippen LogP contribution in [-0.2, 0) is 0 Å². The molecule has 1 heterocycles. The zero-order valence-electron chi connectivity index (χ0n) is 7.76. The lowest BCUT2D eigenvalue weighted by atomic mass is 10.1. The van der Waals surface area contributed by atoms with Crippen molar-refractivity contribution in [3.05, 3.63) is 0 Å². The van der Waals surface area contributed by atoms with E-state index in [0.717, 1.165) is 25.9 Å².